The lowest BCUT2D eigenvalue weighted by Crippen LogP contribution is -2.16. The largest absolute Gasteiger partial charge is 0.250 e. The fourth-order valence-corrected chi connectivity index (χ4v) is 4.86. The van der Waals surface area contributed by atoms with Crippen molar-refractivity contribution < 1.29 is 0 Å². The number of aromatic nitrogens is 6. The SMILES string of the molecule is ClC(Cl)(Cl)c1nc(-c2ccc(/C=C/c3ccccc3)cc2)nc(C(Cl)(Cl)Cl)n1.Clc1ccc(/C=C/c2nc(C(Cl)(Cl)Cl)nc(C(Cl)(Cl)Cl)n2)cc1. The van der Waals surface area contributed by atoms with Gasteiger partial charge in [-0.15, -0.1) is 0 Å². The van der Waals surface area contributed by atoms with Gasteiger partial charge >= 0.3 is 0 Å². The molecule has 0 amide bonds. The minimum atomic E-state index is -1.89. The Bertz CT molecular complexity index is 1920. The molecule has 5 aromatic rings. The number of halogens is 13. The molecule has 5 rings (SSSR count). The van der Waals surface area contributed by atoms with Crippen LogP contribution in [0.3, 0.4) is 0 Å². The normalized spacial score (nSPS) is 12.6. The number of hydrogen-bond donors (Lipinski definition) is 0. The monoisotopic (exact) mass is 940 g/mol. The number of benzene rings is 3. The Hall–Kier alpha value is -1.07. The van der Waals surface area contributed by atoms with Crippen molar-refractivity contribution in [3.8, 4) is 11.4 Å². The van der Waals surface area contributed by atoms with Crippen LogP contribution in [0, 0.1) is 0 Å². The zero-order chi connectivity index (χ0) is 37.6. The van der Waals surface area contributed by atoms with Gasteiger partial charge in [-0.05, 0) is 34.9 Å². The first-order valence-corrected chi connectivity index (χ1v) is 18.7. The average molecular weight is 946 g/mol. The van der Waals surface area contributed by atoms with Crippen LogP contribution in [0.4, 0.5) is 0 Å². The molecule has 19 heteroatoms. The van der Waals surface area contributed by atoms with Gasteiger partial charge < -0.3 is 0 Å². The lowest BCUT2D eigenvalue weighted by atomic mass is 10.1. The molecular weight excluding hydrogens is 929 g/mol. The number of rotatable bonds is 5. The summed E-state index contributed by atoms with van der Waals surface area (Å²) in [6.45, 7) is 0. The van der Waals surface area contributed by atoms with E-state index in [0.717, 1.165) is 16.7 Å². The standard InChI is InChI=1S/C19H11Cl6N3.C13H6Cl7N3/c20-18(21,22)16-26-15(27-17(28-16)19(23,24)25)14-10-8-13(9-11-14)7-6-12-4-2-1-3-5-12;14-8-4-1-7(2-5-8)3-6-9-21-10(12(15,16)17)23-11(22-9)13(18,19)20/h1-11H;1-6H/b7-6+;6-3+. The Morgan fingerprint density at radius 2 is 0.725 bits per heavy atom. The predicted octanol–water partition coefficient (Wildman–Crippen LogP) is 13.7. The van der Waals surface area contributed by atoms with Crippen molar-refractivity contribution in [1.29, 1.82) is 0 Å². The molecule has 0 spiro atoms. The van der Waals surface area contributed by atoms with E-state index in [0.29, 0.717) is 10.6 Å². The van der Waals surface area contributed by atoms with Crippen LogP contribution in [0.5, 0.6) is 0 Å². The van der Waals surface area contributed by atoms with Crippen LogP contribution in [-0.2, 0) is 15.2 Å². The van der Waals surface area contributed by atoms with E-state index in [-0.39, 0.29) is 34.9 Å². The second-order valence-electron chi connectivity index (χ2n) is 9.89. The number of hydrogen-bond acceptors (Lipinski definition) is 6. The maximum atomic E-state index is 5.90. The maximum absolute atomic E-state index is 5.90. The van der Waals surface area contributed by atoms with E-state index in [9.17, 15) is 0 Å². The summed E-state index contributed by atoms with van der Waals surface area (Å²) in [5.41, 5.74) is 3.61. The molecular formula is C32H17Cl13N6. The third kappa shape index (κ3) is 13.6. The lowest BCUT2D eigenvalue weighted by molar-refractivity contribution is 0.835. The summed E-state index contributed by atoms with van der Waals surface area (Å²) in [4.78, 5) is 24.3. The molecule has 0 saturated heterocycles. The second kappa shape index (κ2) is 18.0. The summed E-state index contributed by atoms with van der Waals surface area (Å²) in [6.07, 6.45) is 7.31. The summed E-state index contributed by atoms with van der Waals surface area (Å²) in [6, 6.07) is 24.5. The quantitative estimate of drug-likeness (QED) is 0.129. The van der Waals surface area contributed by atoms with Crippen LogP contribution in [-0.4, -0.2) is 29.9 Å². The van der Waals surface area contributed by atoms with E-state index < -0.39 is 15.2 Å². The van der Waals surface area contributed by atoms with E-state index in [1.54, 1.807) is 24.3 Å². The Balaban J connectivity index is 0.000000233. The van der Waals surface area contributed by atoms with Gasteiger partial charge in [-0.1, -0.05) is 236 Å². The number of alkyl halides is 12. The van der Waals surface area contributed by atoms with Gasteiger partial charge in [-0.3, -0.25) is 0 Å². The van der Waals surface area contributed by atoms with Crippen LogP contribution in [0.2, 0.25) is 5.02 Å². The third-order valence-electron chi connectivity index (χ3n) is 6.03. The Morgan fingerprint density at radius 1 is 0.373 bits per heavy atom. The molecule has 266 valence electrons. The topological polar surface area (TPSA) is 77.3 Å². The van der Waals surface area contributed by atoms with Crippen LogP contribution in [0.1, 0.15) is 45.8 Å². The van der Waals surface area contributed by atoms with Crippen molar-refractivity contribution in [1.82, 2.24) is 29.9 Å². The van der Waals surface area contributed by atoms with Crippen LogP contribution < -0.4 is 0 Å². The number of nitrogens with zero attached hydrogens (tertiary/aromatic N) is 6. The van der Waals surface area contributed by atoms with E-state index in [1.807, 2.05) is 78.9 Å². The highest BCUT2D eigenvalue weighted by Crippen LogP contribution is 2.41. The highest BCUT2D eigenvalue weighted by atomic mass is 35.6. The first kappa shape index (κ1) is 42.7. The van der Waals surface area contributed by atoms with Gasteiger partial charge in [0.15, 0.2) is 34.9 Å². The summed E-state index contributed by atoms with van der Waals surface area (Å²) in [5.74, 6) is -0.133. The molecule has 0 bridgehead atoms. The minimum Gasteiger partial charge on any atom is -0.209 e. The van der Waals surface area contributed by atoms with E-state index >= 15 is 0 Å². The summed E-state index contributed by atoms with van der Waals surface area (Å²) >= 11 is 76.0. The Kier molecular flexibility index (Phi) is 15.1. The van der Waals surface area contributed by atoms with E-state index in [4.69, 9.17) is 151 Å². The van der Waals surface area contributed by atoms with Crippen molar-refractivity contribution in [3.05, 3.63) is 130 Å². The molecule has 0 N–H and O–H groups in total. The third-order valence-corrected chi connectivity index (χ3v) is 8.31. The van der Waals surface area contributed by atoms with Crippen molar-refractivity contribution >= 4 is 175 Å². The molecule has 3 aromatic carbocycles. The molecule has 0 fully saturated rings. The molecule has 0 aliphatic carbocycles. The van der Waals surface area contributed by atoms with Gasteiger partial charge in [0.25, 0.3) is 0 Å². The van der Waals surface area contributed by atoms with Crippen molar-refractivity contribution in [2.75, 3.05) is 0 Å². The molecule has 6 nitrogen and oxygen atoms in total. The van der Waals surface area contributed by atoms with Gasteiger partial charge in [-0.25, -0.2) is 29.9 Å². The van der Waals surface area contributed by atoms with Gasteiger partial charge in [0.2, 0.25) is 15.2 Å². The molecule has 0 saturated carbocycles. The first-order chi connectivity index (χ1) is 23.7. The predicted molar refractivity (Wildman–Crippen MR) is 218 cm³/mol. The molecule has 0 aliphatic heterocycles. The fourth-order valence-electron chi connectivity index (χ4n) is 3.72. The fraction of sp³-hybridized carbons (Fsp3) is 0.125. The average Bonchev–Trinajstić information content (AvgIpc) is 3.06. The highest BCUT2D eigenvalue weighted by Gasteiger charge is 2.35. The van der Waals surface area contributed by atoms with Crippen molar-refractivity contribution in [2.24, 2.45) is 0 Å². The minimum absolute atomic E-state index is 0.128. The van der Waals surface area contributed by atoms with E-state index in [1.165, 1.54) is 0 Å². The van der Waals surface area contributed by atoms with Crippen molar-refractivity contribution in [2.45, 2.75) is 15.2 Å². The molecule has 0 atom stereocenters. The second-order valence-corrected chi connectivity index (χ2v) is 19.5. The molecule has 0 radical (unpaired) electrons. The van der Waals surface area contributed by atoms with Gasteiger partial charge in [0.05, 0.1) is 0 Å². The first-order valence-electron chi connectivity index (χ1n) is 13.8. The van der Waals surface area contributed by atoms with Crippen molar-refractivity contribution in [3.63, 3.8) is 0 Å². The zero-order valence-electron chi connectivity index (χ0n) is 24.9. The molecule has 2 heterocycles. The zero-order valence-corrected chi connectivity index (χ0v) is 34.7. The molecule has 0 aliphatic rings. The highest BCUT2D eigenvalue weighted by molar-refractivity contribution is 6.68. The maximum Gasteiger partial charge on any atom is 0.250 e. The van der Waals surface area contributed by atoms with Gasteiger partial charge in [0.1, 0.15) is 0 Å². The summed E-state index contributed by atoms with van der Waals surface area (Å²) in [5, 5.41) is 0.624. The van der Waals surface area contributed by atoms with Crippen LogP contribution in [0.25, 0.3) is 35.7 Å². The Labute approximate surface area is 357 Å². The van der Waals surface area contributed by atoms with Gasteiger partial charge in [-0.2, -0.15) is 0 Å². The summed E-state index contributed by atoms with van der Waals surface area (Å²) < 4.78 is -7.53. The molecule has 0 unspecified atom stereocenters. The molecule has 51 heavy (non-hydrogen) atoms. The molecule has 2 aromatic heterocycles. The van der Waals surface area contributed by atoms with E-state index in [2.05, 4.69) is 29.9 Å². The summed E-state index contributed by atoms with van der Waals surface area (Å²) in [7, 11) is 0. The lowest BCUT2D eigenvalue weighted by Gasteiger charge is -2.15. The van der Waals surface area contributed by atoms with Crippen LogP contribution in [0.15, 0.2) is 78.9 Å². The van der Waals surface area contributed by atoms with Crippen LogP contribution >= 0.6 is 151 Å². The Morgan fingerprint density at radius 3 is 1.14 bits per heavy atom. The van der Waals surface area contributed by atoms with Gasteiger partial charge in [0, 0.05) is 10.6 Å². The smallest absolute Gasteiger partial charge is 0.209 e.